The molecule has 2 aromatic rings. The lowest BCUT2D eigenvalue weighted by molar-refractivity contribution is 0.0643. The first-order chi connectivity index (χ1) is 9.76. The molecular weight excluding hydrogens is 338 g/mol. The number of rotatable bonds is 4. The maximum Gasteiger partial charge on any atom is 0.161 e. The number of nitrogens with one attached hydrogen (secondary N) is 1. The Hall–Kier alpha value is -1.04. The zero-order valence-corrected chi connectivity index (χ0v) is 13.5. The maximum absolute atomic E-state index is 6.07. The molecule has 2 heterocycles. The van der Waals surface area contributed by atoms with Crippen LogP contribution >= 0.6 is 27.3 Å². The molecule has 1 N–H and O–H groups in total. The number of hydrogen-bond acceptors (Lipinski definition) is 4. The molecule has 1 aliphatic heterocycles. The van der Waals surface area contributed by atoms with E-state index in [0.29, 0.717) is 6.61 Å². The minimum absolute atomic E-state index is 0.0239. The molecule has 1 aromatic carbocycles. The Morgan fingerprint density at radius 2 is 2.10 bits per heavy atom. The molecular formula is C15H16BrNO2S. The van der Waals surface area contributed by atoms with Gasteiger partial charge in [0.05, 0.1) is 9.83 Å². The van der Waals surface area contributed by atoms with E-state index in [1.54, 1.807) is 11.3 Å². The topological polar surface area (TPSA) is 30.5 Å². The van der Waals surface area contributed by atoms with Crippen molar-refractivity contribution in [1.82, 2.24) is 5.32 Å². The van der Waals surface area contributed by atoms with Gasteiger partial charge in [0.1, 0.15) is 12.7 Å². The Labute approximate surface area is 131 Å². The van der Waals surface area contributed by atoms with Gasteiger partial charge < -0.3 is 14.8 Å². The number of halogens is 1. The van der Waals surface area contributed by atoms with Crippen LogP contribution in [-0.2, 0) is 6.42 Å². The molecule has 0 bridgehead atoms. The number of hydrogen-bond donors (Lipinski definition) is 1. The standard InChI is InChI=1S/C15H16BrNO2S/c1-17-11(8-10-6-7-15(16)20-10)14-9-18-12-4-2-3-5-13(12)19-14/h2-7,11,14,17H,8-9H2,1H3. The minimum atomic E-state index is 0.0239. The minimum Gasteiger partial charge on any atom is -0.486 e. The van der Waals surface area contributed by atoms with Crippen molar-refractivity contribution >= 4 is 27.3 Å². The summed E-state index contributed by atoms with van der Waals surface area (Å²) in [5, 5.41) is 3.35. The fourth-order valence-electron chi connectivity index (χ4n) is 2.33. The second kappa shape index (κ2) is 6.16. The zero-order chi connectivity index (χ0) is 13.9. The van der Waals surface area contributed by atoms with Crippen LogP contribution in [0.5, 0.6) is 11.5 Å². The van der Waals surface area contributed by atoms with Crippen LogP contribution < -0.4 is 14.8 Å². The van der Waals surface area contributed by atoms with Crippen molar-refractivity contribution in [2.24, 2.45) is 0 Å². The van der Waals surface area contributed by atoms with Gasteiger partial charge in [0, 0.05) is 11.3 Å². The maximum atomic E-state index is 6.07. The molecule has 2 atom stereocenters. The lowest BCUT2D eigenvalue weighted by Crippen LogP contribution is -2.47. The Bertz CT molecular complexity index is 587. The van der Waals surface area contributed by atoms with Crippen LogP contribution in [0.3, 0.4) is 0 Å². The summed E-state index contributed by atoms with van der Waals surface area (Å²) in [5.74, 6) is 1.66. The lowest BCUT2D eigenvalue weighted by atomic mass is 10.1. The summed E-state index contributed by atoms with van der Waals surface area (Å²) < 4.78 is 13.0. The third-order valence-electron chi connectivity index (χ3n) is 3.40. The van der Waals surface area contributed by atoms with Crippen molar-refractivity contribution in [3.8, 4) is 11.5 Å². The monoisotopic (exact) mass is 353 g/mol. The molecule has 5 heteroatoms. The average Bonchev–Trinajstić information content (AvgIpc) is 2.89. The Morgan fingerprint density at radius 1 is 1.30 bits per heavy atom. The van der Waals surface area contributed by atoms with E-state index in [1.165, 1.54) is 4.88 Å². The highest BCUT2D eigenvalue weighted by atomic mass is 79.9. The van der Waals surface area contributed by atoms with Gasteiger partial charge in [0.2, 0.25) is 0 Å². The number of fused-ring (bicyclic) bond motifs is 1. The van der Waals surface area contributed by atoms with Gasteiger partial charge >= 0.3 is 0 Å². The molecule has 1 aliphatic rings. The second-order valence-electron chi connectivity index (χ2n) is 4.72. The zero-order valence-electron chi connectivity index (χ0n) is 11.1. The van der Waals surface area contributed by atoms with Crippen molar-refractivity contribution in [3.05, 3.63) is 45.1 Å². The van der Waals surface area contributed by atoms with Crippen molar-refractivity contribution in [2.45, 2.75) is 18.6 Å². The van der Waals surface area contributed by atoms with Crippen LogP contribution in [0.1, 0.15) is 4.88 Å². The highest BCUT2D eigenvalue weighted by molar-refractivity contribution is 9.11. The van der Waals surface area contributed by atoms with E-state index in [-0.39, 0.29) is 12.1 Å². The van der Waals surface area contributed by atoms with Crippen molar-refractivity contribution in [2.75, 3.05) is 13.7 Å². The second-order valence-corrected chi connectivity index (χ2v) is 7.27. The van der Waals surface area contributed by atoms with Gasteiger partial charge in [-0.05, 0) is 47.2 Å². The fourth-order valence-corrected chi connectivity index (χ4v) is 3.87. The molecule has 0 saturated carbocycles. The number of ether oxygens (including phenoxy) is 2. The number of likely N-dealkylation sites (N-methyl/N-ethyl adjacent to an activating group) is 1. The van der Waals surface area contributed by atoms with Crippen LogP contribution in [0.25, 0.3) is 0 Å². The fraction of sp³-hybridized carbons (Fsp3) is 0.333. The molecule has 3 rings (SSSR count). The van der Waals surface area contributed by atoms with Gasteiger partial charge in [-0.2, -0.15) is 0 Å². The third kappa shape index (κ3) is 3.00. The molecule has 2 unspecified atom stereocenters. The molecule has 0 spiro atoms. The van der Waals surface area contributed by atoms with E-state index < -0.39 is 0 Å². The molecule has 0 amide bonds. The van der Waals surface area contributed by atoms with Crippen LogP contribution in [-0.4, -0.2) is 25.8 Å². The van der Waals surface area contributed by atoms with Crippen molar-refractivity contribution in [3.63, 3.8) is 0 Å². The predicted octanol–water partition coefficient (Wildman–Crippen LogP) is 3.48. The molecule has 3 nitrogen and oxygen atoms in total. The molecule has 20 heavy (non-hydrogen) atoms. The summed E-state index contributed by atoms with van der Waals surface area (Å²) in [6, 6.07) is 12.3. The highest BCUT2D eigenvalue weighted by Crippen LogP contribution is 2.32. The lowest BCUT2D eigenvalue weighted by Gasteiger charge is -2.31. The van der Waals surface area contributed by atoms with Gasteiger partial charge in [0.25, 0.3) is 0 Å². The van der Waals surface area contributed by atoms with Gasteiger partial charge in [-0.3, -0.25) is 0 Å². The number of benzene rings is 1. The van der Waals surface area contributed by atoms with E-state index in [9.17, 15) is 0 Å². The van der Waals surface area contributed by atoms with Crippen LogP contribution in [0.2, 0.25) is 0 Å². The quantitative estimate of drug-likeness (QED) is 0.912. The van der Waals surface area contributed by atoms with E-state index >= 15 is 0 Å². The average molecular weight is 354 g/mol. The summed E-state index contributed by atoms with van der Waals surface area (Å²) in [4.78, 5) is 1.33. The first-order valence-electron chi connectivity index (χ1n) is 6.56. The van der Waals surface area contributed by atoms with Gasteiger partial charge in [-0.25, -0.2) is 0 Å². The number of thiophene rings is 1. The van der Waals surface area contributed by atoms with E-state index in [1.807, 2.05) is 31.3 Å². The first kappa shape index (κ1) is 13.9. The van der Waals surface area contributed by atoms with Gasteiger partial charge in [-0.1, -0.05) is 12.1 Å². The predicted molar refractivity (Wildman–Crippen MR) is 84.9 cm³/mol. The van der Waals surface area contributed by atoms with Gasteiger partial charge in [0.15, 0.2) is 11.5 Å². The SMILES string of the molecule is CNC(Cc1ccc(Br)s1)C1COc2ccccc2O1. The summed E-state index contributed by atoms with van der Waals surface area (Å²) in [6.45, 7) is 0.578. The molecule has 1 aromatic heterocycles. The van der Waals surface area contributed by atoms with Gasteiger partial charge in [-0.15, -0.1) is 11.3 Å². The molecule has 0 radical (unpaired) electrons. The first-order valence-corrected chi connectivity index (χ1v) is 8.17. The van der Waals surface area contributed by atoms with E-state index in [2.05, 4.69) is 33.4 Å². The van der Waals surface area contributed by atoms with E-state index in [0.717, 1.165) is 21.7 Å². The molecule has 0 saturated heterocycles. The highest BCUT2D eigenvalue weighted by Gasteiger charge is 2.28. The van der Waals surface area contributed by atoms with Crippen molar-refractivity contribution < 1.29 is 9.47 Å². The molecule has 0 aliphatic carbocycles. The number of para-hydroxylation sites is 2. The van der Waals surface area contributed by atoms with E-state index in [4.69, 9.17) is 9.47 Å². The normalized spacial score (nSPS) is 18.8. The largest absolute Gasteiger partial charge is 0.486 e. The van der Waals surface area contributed by atoms with Crippen molar-refractivity contribution in [1.29, 1.82) is 0 Å². The third-order valence-corrected chi connectivity index (χ3v) is 5.05. The Kier molecular flexibility index (Phi) is 4.29. The van der Waals surface area contributed by atoms with Crippen LogP contribution in [0.15, 0.2) is 40.2 Å². The smallest absolute Gasteiger partial charge is 0.161 e. The summed E-state index contributed by atoms with van der Waals surface area (Å²) in [7, 11) is 1.97. The summed E-state index contributed by atoms with van der Waals surface area (Å²) >= 11 is 5.26. The Morgan fingerprint density at radius 3 is 2.80 bits per heavy atom. The van der Waals surface area contributed by atoms with Crippen LogP contribution in [0, 0.1) is 0 Å². The van der Waals surface area contributed by atoms with Crippen LogP contribution in [0.4, 0.5) is 0 Å². The molecule has 0 fully saturated rings. The molecule has 106 valence electrons. The summed E-state index contributed by atoms with van der Waals surface area (Å²) in [6.07, 6.45) is 0.957. The summed E-state index contributed by atoms with van der Waals surface area (Å²) in [5.41, 5.74) is 0. The Balaban J connectivity index is 1.71.